The Morgan fingerprint density at radius 2 is 1.80 bits per heavy atom. The van der Waals surface area contributed by atoms with Crippen LogP contribution in [0.3, 0.4) is 0 Å². The maximum atomic E-state index is 8.78. The number of nitrogens with zero attached hydrogens (tertiary/aromatic N) is 4. The van der Waals surface area contributed by atoms with Gasteiger partial charge in [-0.3, -0.25) is 0 Å². The summed E-state index contributed by atoms with van der Waals surface area (Å²) >= 11 is 0. The molecule has 1 aromatic carbocycles. The highest BCUT2D eigenvalue weighted by molar-refractivity contribution is 5.63. The fourth-order valence-electron chi connectivity index (χ4n) is 1.93. The number of hydrogen-bond donors (Lipinski definition) is 0. The quantitative estimate of drug-likeness (QED) is 0.674. The summed E-state index contributed by atoms with van der Waals surface area (Å²) in [5.41, 5.74) is 4.41. The minimum absolute atomic E-state index is 0.654. The van der Waals surface area contributed by atoms with E-state index in [1.807, 2.05) is 45.0 Å². The van der Waals surface area contributed by atoms with Crippen LogP contribution in [0.4, 0.5) is 0 Å². The molecule has 0 saturated carbocycles. The molecule has 0 spiro atoms. The molecule has 0 N–H and O–H groups in total. The molecule has 0 amide bonds. The summed E-state index contributed by atoms with van der Waals surface area (Å²) in [4.78, 5) is 4.54. The van der Waals surface area contributed by atoms with Crippen molar-refractivity contribution in [3.05, 3.63) is 53.9 Å². The Hall–Kier alpha value is -2.67. The molecule has 0 fully saturated rings. The summed E-state index contributed by atoms with van der Waals surface area (Å²) in [6, 6.07) is 13.4. The molecule has 0 aliphatic rings. The number of nitriles is 1. The van der Waals surface area contributed by atoms with E-state index in [1.54, 1.807) is 22.8 Å². The van der Waals surface area contributed by atoms with Crippen molar-refractivity contribution in [3.8, 4) is 17.3 Å². The lowest BCUT2D eigenvalue weighted by Crippen LogP contribution is -1.97. The predicted octanol–water partition coefficient (Wildman–Crippen LogP) is 3.60. The van der Waals surface area contributed by atoms with Crippen LogP contribution in [-0.2, 0) is 0 Å². The van der Waals surface area contributed by atoms with Crippen LogP contribution in [0, 0.1) is 18.3 Å². The number of fused-ring (bicyclic) bond motifs is 1. The lowest BCUT2D eigenvalue weighted by Gasteiger charge is -2.04. The van der Waals surface area contributed by atoms with E-state index in [0.717, 1.165) is 22.6 Å². The lowest BCUT2D eigenvalue weighted by molar-refractivity contribution is 0.896. The van der Waals surface area contributed by atoms with Crippen LogP contribution in [0.1, 0.15) is 25.1 Å². The largest absolute Gasteiger partial charge is 0.229 e. The van der Waals surface area contributed by atoms with E-state index in [2.05, 4.69) is 16.2 Å². The minimum atomic E-state index is 0.654. The van der Waals surface area contributed by atoms with Crippen LogP contribution in [0.2, 0.25) is 0 Å². The second-order valence-electron chi connectivity index (χ2n) is 4.07. The first-order valence-electron chi connectivity index (χ1n) is 6.60. The number of aryl methyl sites for hydroxylation is 1. The molecule has 0 saturated heterocycles. The van der Waals surface area contributed by atoms with Gasteiger partial charge in [-0.1, -0.05) is 26.0 Å². The van der Waals surface area contributed by atoms with Crippen LogP contribution >= 0.6 is 0 Å². The van der Waals surface area contributed by atoms with E-state index in [4.69, 9.17) is 5.26 Å². The SMILES string of the molecule is CC.Cc1cc(-c2ccc(C#N)cc2)nc2ccnn12. The van der Waals surface area contributed by atoms with E-state index in [-0.39, 0.29) is 0 Å². The van der Waals surface area contributed by atoms with Gasteiger partial charge in [0.15, 0.2) is 5.65 Å². The Morgan fingerprint density at radius 1 is 1.10 bits per heavy atom. The van der Waals surface area contributed by atoms with Gasteiger partial charge in [0, 0.05) is 17.3 Å². The van der Waals surface area contributed by atoms with Gasteiger partial charge >= 0.3 is 0 Å². The third kappa shape index (κ3) is 2.52. The number of rotatable bonds is 1. The van der Waals surface area contributed by atoms with Crippen LogP contribution in [0.5, 0.6) is 0 Å². The second-order valence-corrected chi connectivity index (χ2v) is 4.07. The number of aromatic nitrogens is 3. The van der Waals surface area contributed by atoms with Crippen molar-refractivity contribution in [2.24, 2.45) is 0 Å². The molecular weight excluding hydrogens is 248 g/mol. The third-order valence-electron chi connectivity index (χ3n) is 2.85. The van der Waals surface area contributed by atoms with Crippen LogP contribution in [-0.4, -0.2) is 14.6 Å². The molecule has 2 aromatic heterocycles. The zero-order valence-electron chi connectivity index (χ0n) is 11.8. The minimum Gasteiger partial charge on any atom is -0.229 e. The van der Waals surface area contributed by atoms with Crippen molar-refractivity contribution in [1.82, 2.24) is 14.6 Å². The normalized spacial score (nSPS) is 9.70. The molecule has 0 atom stereocenters. The van der Waals surface area contributed by atoms with Crippen molar-refractivity contribution in [1.29, 1.82) is 5.26 Å². The molecule has 3 aromatic rings. The molecule has 20 heavy (non-hydrogen) atoms. The van der Waals surface area contributed by atoms with Crippen molar-refractivity contribution < 1.29 is 0 Å². The van der Waals surface area contributed by atoms with Gasteiger partial charge in [-0.05, 0) is 25.1 Å². The first-order chi connectivity index (χ1) is 9.78. The van der Waals surface area contributed by atoms with E-state index in [0.29, 0.717) is 5.56 Å². The highest BCUT2D eigenvalue weighted by Crippen LogP contribution is 2.19. The summed E-state index contributed by atoms with van der Waals surface area (Å²) in [5, 5.41) is 13.0. The van der Waals surface area contributed by atoms with Gasteiger partial charge in [0.25, 0.3) is 0 Å². The Balaban J connectivity index is 0.000000704. The van der Waals surface area contributed by atoms with Gasteiger partial charge in [0.1, 0.15) is 0 Å². The monoisotopic (exact) mass is 264 g/mol. The molecule has 3 rings (SSSR count). The zero-order valence-corrected chi connectivity index (χ0v) is 11.8. The van der Waals surface area contributed by atoms with Crippen molar-refractivity contribution in [2.75, 3.05) is 0 Å². The second kappa shape index (κ2) is 5.98. The molecule has 0 bridgehead atoms. The van der Waals surface area contributed by atoms with Crippen LogP contribution in [0.25, 0.3) is 16.9 Å². The topological polar surface area (TPSA) is 54.0 Å². The Morgan fingerprint density at radius 3 is 2.45 bits per heavy atom. The van der Waals surface area contributed by atoms with E-state index < -0.39 is 0 Å². The number of benzene rings is 1. The average molecular weight is 264 g/mol. The van der Waals surface area contributed by atoms with Crippen molar-refractivity contribution >= 4 is 5.65 Å². The van der Waals surface area contributed by atoms with Gasteiger partial charge in [-0.2, -0.15) is 10.4 Å². The Labute approximate surface area is 118 Å². The smallest absolute Gasteiger partial charge is 0.155 e. The Kier molecular flexibility index (Phi) is 4.11. The van der Waals surface area contributed by atoms with E-state index in [9.17, 15) is 0 Å². The maximum Gasteiger partial charge on any atom is 0.155 e. The summed E-state index contributed by atoms with van der Waals surface area (Å²) in [6.45, 7) is 5.99. The molecule has 0 unspecified atom stereocenters. The maximum absolute atomic E-state index is 8.78. The molecular formula is C16H16N4. The van der Waals surface area contributed by atoms with Crippen LogP contribution in [0.15, 0.2) is 42.6 Å². The molecule has 0 aliphatic carbocycles. The van der Waals surface area contributed by atoms with E-state index in [1.165, 1.54) is 0 Å². The van der Waals surface area contributed by atoms with Gasteiger partial charge in [-0.15, -0.1) is 0 Å². The highest BCUT2D eigenvalue weighted by atomic mass is 15.2. The van der Waals surface area contributed by atoms with Gasteiger partial charge in [0.2, 0.25) is 0 Å². The molecule has 0 radical (unpaired) electrons. The summed E-state index contributed by atoms with van der Waals surface area (Å²) in [7, 11) is 0. The van der Waals surface area contributed by atoms with E-state index >= 15 is 0 Å². The summed E-state index contributed by atoms with van der Waals surface area (Å²) in [6.07, 6.45) is 1.73. The Bertz CT molecular complexity index is 748. The third-order valence-corrected chi connectivity index (χ3v) is 2.85. The first-order valence-corrected chi connectivity index (χ1v) is 6.60. The fraction of sp³-hybridized carbons (Fsp3) is 0.188. The highest BCUT2D eigenvalue weighted by Gasteiger charge is 2.05. The molecule has 0 aliphatic heterocycles. The zero-order chi connectivity index (χ0) is 14.5. The molecule has 4 heteroatoms. The van der Waals surface area contributed by atoms with Gasteiger partial charge < -0.3 is 0 Å². The number of hydrogen-bond acceptors (Lipinski definition) is 3. The fourth-order valence-corrected chi connectivity index (χ4v) is 1.93. The standard InChI is InChI=1S/C14H10N4.C2H6/c1-10-8-13(17-14-6-7-16-18(10)14)12-4-2-11(9-15)3-5-12;1-2/h2-8H,1H3;1-2H3. The first kappa shape index (κ1) is 13.8. The summed E-state index contributed by atoms with van der Waals surface area (Å²) < 4.78 is 1.80. The van der Waals surface area contributed by atoms with Crippen molar-refractivity contribution in [3.63, 3.8) is 0 Å². The summed E-state index contributed by atoms with van der Waals surface area (Å²) in [5.74, 6) is 0. The molecule has 2 heterocycles. The van der Waals surface area contributed by atoms with Crippen LogP contribution < -0.4 is 0 Å². The lowest BCUT2D eigenvalue weighted by atomic mass is 10.1. The van der Waals surface area contributed by atoms with Gasteiger partial charge in [-0.25, -0.2) is 9.50 Å². The average Bonchev–Trinajstić information content (AvgIpc) is 2.98. The van der Waals surface area contributed by atoms with Crippen molar-refractivity contribution in [2.45, 2.75) is 20.8 Å². The predicted molar refractivity (Wildman–Crippen MR) is 79.2 cm³/mol. The molecule has 4 nitrogen and oxygen atoms in total. The van der Waals surface area contributed by atoms with Gasteiger partial charge in [0.05, 0.1) is 23.5 Å². The molecule has 100 valence electrons.